The summed E-state index contributed by atoms with van der Waals surface area (Å²) in [7, 11) is 0. The Kier molecular flexibility index (Phi) is 4.37. The molecule has 21 heavy (non-hydrogen) atoms. The summed E-state index contributed by atoms with van der Waals surface area (Å²) in [5, 5.41) is 12.0. The molecular formula is C15H15F3N2O. The van der Waals surface area contributed by atoms with Crippen LogP contribution >= 0.6 is 0 Å². The molecule has 3 nitrogen and oxygen atoms in total. The SMILES string of the molecule is Nc1cc(C(F)(F)F)ccc1Nc1ccccc1CCO. The van der Waals surface area contributed by atoms with Crippen LogP contribution in [0.25, 0.3) is 0 Å². The molecule has 0 atom stereocenters. The maximum Gasteiger partial charge on any atom is 0.416 e. The number of anilines is 3. The summed E-state index contributed by atoms with van der Waals surface area (Å²) in [6, 6.07) is 10.4. The molecule has 2 aromatic carbocycles. The molecule has 0 aliphatic heterocycles. The van der Waals surface area contributed by atoms with E-state index in [0.29, 0.717) is 17.8 Å². The molecule has 2 rings (SSSR count). The van der Waals surface area contributed by atoms with Gasteiger partial charge in [0.15, 0.2) is 0 Å². The van der Waals surface area contributed by atoms with Gasteiger partial charge in [-0.15, -0.1) is 0 Å². The van der Waals surface area contributed by atoms with Gasteiger partial charge in [-0.25, -0.2) is 0 Å². The Morgan fingerprint density at radius 1 is 1.05 bits per heavy atom. The van der Waals surface area contributed by atoms with Crippen molar-refractivity contribution in [3.8, 4) is 0 Å². The normalized spacial score (nSPS) is 11.4. The maximum atomic E-state index is 12.6. The maximum absolute atomic E-state index is 12.6. The Balaban J connectivity index is 2.28. The summed E-state index contributed by atoms with van der Waals surface area (Å²) in [5.74, 6) is 0. The van der Waals surface area contributed by atoms with Crippen LogP contribution in [0.2, 0.25) is 0 Å². The molecule has 6 heteroatoms. The average Bonchev–Trinajstić information content (AvgIpc) is 2.42. The lowest BCUT2D eigenvalue weighted by atomic mass is 10.1. The van der Waals surface area contributed by atoms with Crippen LogP contribution < -0.4 is 11.1 Å². The van der Waals surface area contributed by atoms with E-state index in [1.807, 2.05) is 12.1 Å². The summed E-state index contributed by atoms with van der Waals surface area (Å²) in [4.78, 5) is 0. The molecule has 4 N–H and O–H groups in total. The number of hydrogen-bond acceptors (Lipinski definition) is 3. The zero-order chi connectivity index (χ0) is 15.5. The lowest BCUT2D eigenvalue weighted by Gasteiger charge is -2.15. The van der Waals surface area contributed by atoms with Crippen molar-refractivity contribution in [2.24, 2.45) is 0 Å². The van der Waals surface area contributed by atoms with Crippen LogP contribution in [0.1, 0.15) is 11.1 Å². The monoisotopic (exact) mass is 296 g/mol. The molecule has 0 unspecified atom stereocenters. The fraction of sp³-hybridized carbons (Fsp3) is 0.200. The van der Waals surface area contributed by atoms with Crippen molar-refractivity contribution in [2.75, 3.05) is 17.7 Å². The highest BCUT2D eigenvalue weighted by Crippen LogP contribution is 2.34. The van der Waals surface area contributed by atoms with E-state index in [0.717, 1.165) is 17.7 Å². The van der Waals surface area contributed by atoms with Gasteiger partial charge in [0.05, 0.1) is 16.9 Å². The Morgan fingerprint density at radius 3 is 2.38 bits per heavy atom. The highest BCUT2D eigenvalue weighted by Gasteiger charge is 2.30. The fourth-order valence-electron chi connectivity index (χ4n) is 1.98. The molecule has 0 heterocycles. The van der Waals surface area contributed by atoms with Crippen molar-refractivity contribution in [1.82, 2.24) is 0 Å². The molecule has 0 aliphatic carbocycles. The number of para-hydroxylation sites is 1. The van der Waals surface area contributed by atoms with Crippen molar-refractivity contribution in [1.29, 1.82) is 0 Å². The highest BCUT2D eigenvalue weighted by atomic mass is 19.4. The minimum atomic E-state index is -4.42. The van der Waals surface area contributed by atoms with Crippen molar-refractivity contribution in [2.45, 2.75) is 12.6 Å². The molecule has 2 aromatic rings. The highest BCUT2D eigenvalue weighted by molar-refractivity contribution is 5.74. The third-order valence-electron chi connectivity index (χ3n) is 3.05. The second kappa shape index (κ2) is 6.05. The predicted molar refractivity (Wildman–Crippen MR) is 76.4 cm³/mol. The smallest absolute Gasteiger partial charge is 0.397 e. The molecule has 0 fully saturated rings. The summed E-state index contributed by atoms with van der Waals surface area (Å²) in [6.07, 6.45) is -3.97. The van der Waals surface area contributed by atoms with Crippen LogP contribution in [-0.2, 0) is 12.6 Å². The fourth-order valence-corrected chi connectivity index (χ4v) is 1.98. The number of nitrogens with two attached hydrogens (primary N) is 1. The van der Waals surface area contributed by atoms with Gasteiger partial charge in [0.2, 0.25) is 0 Å². The van der Waals surface area contributed by atoms with E-state index in [2.05, 4.69) is 5.32 Å². The zero-order valence-electron chi connectivity index (χ0n) is 11.1. The molecule has 0 spiro atoms. The molecule has 0 saturated carbocycles. The summed E-state index contributed by atoms with van der Waals surface area (Å²) >= 11 is 0. The number of hydrogen-bond donors (Lipinski definition) is 3. The topological polar surface area (TPSA) is 58.3 Å². The molecular weight excluding hydrogens is 281 g/mol. The lowest BCUT2D eigenvalue weighted by molar-refractivity contribution is -0.137. The zero-order valence-corrected chi connectivity index (χ0v) is 11.1. The molecule has 0 amide bonds. The van der Waals surface area contributed by atoms with Crippen LogP contribution in [0.5, 0.6) is 0 Å². The number of rotatable bonds is 4. The summed E-state index contributed by atoms with van der Waals surface area (Å²) in [5.41, 5.74) is 6.88. The van der Waals surface area contributed by atoms with Crippen molar-refractivity contribution in [3.63, 3.8) is 0 Å². The number of alkyl halides is 3. The van der Waals surface area contributed by atoms with E-state index in [1.165, 1.54) is 6.07 Å². The van der Waals surface area contributed by atoms with Gasteiger partial charge >= 0.3 is 6.18 Å². The Labute approximate surface area is 120 Å². The second-order valence-corrected chi connectivity index (χ2v) is 4.56. The number of aliphatic hydroxyl groups excluding tert-OH is 1. The molecule has 0 bridgehead atoms. The average molecular weight is 296 g/mol. The van der Waals surface area contributed by atoms with E-state index >= 15 is 0 Å². The molecule has 0 saturated heterocycles. The van der Waals surface area contributed by atoms with E-state index < -0.39 is 11.7 Å². The Morgan fingerprint density at radius 2 is 1.76 bits per heavy atom. The minimum Gasteiger partial charge on any atom is -0.397 e. The molecule has 0 radical (unpaired) electrons. The largest absolute Gasteiger partial charge is 0.416 e. The van der Waals surface area contributed by atoms with E-state index in [4.69, 9.17) is 10.8 Å². The van der Waals surface area contributed by atoms with Crippen molar-refractivity contribution in [3.05, 3.63) is 53.6 Å². The number of nitrogen functional groups attached to an aromatic ring is 1. The minimum absolute atomic E-state index is 0.0127. The molecule has 0 aliphatic rings. The first-order valence-electron chi connectivity index (χ1n) is 6.34. The van der Waals surface area contributed by atoms with Crippen LogP contribution in [0, 0.1) is 0 Å². The quantitative estimate of drug-likeness (QED) is 0.756. The van der Waals surface area contributed by atoms with Crippen LogP contribution in [0.15, 0.2) is 42.5 Å². The van der Waals surface area contributed by atoms with Crippen molar-refractivity contribution < 1.29 is 18.3 Å². The van der Waals surface area contributed by atoms with Gasteiger partial charge in [0.25, 0.3) is 0 Å². The Hall–Kier alpha value is -2.21. The first-order chi connectivity index (χ1) is 9.91. The number of nitrogens with one attached hydrogen (secondary N) is 1. The van der Waals surface area contributed by atoms with Gasteiger partial charge in [0.1, 0.15) is 0 Å². The number of aliphatic hydroxyl groups is 1. The van der Waals surface area contributed by atoms with Gasteiger partial charge in [-0.1, -0.05) is 18.2 Å². The van der Waals surface area contributed by atoms with Crippen LogP contribution in [0.4, 0.5) is 30.2 Å². The second-order valence-electron chi connectivity index (χ2n) is 4.56. The standard InChI is InChI=1S/C15H15F3N2O/c16-15(17,18)11-5-6-14(12(19)9-11)20-13-4-2-1-3-10(13)7-8-21/h1-6,9,20-21H,7-8,19H2. The molecule has 0 aromatic heterocycles. The van der Waals surface area contributed by atoms with Crippen molar-refractivity contribution >= 4 is 17.1 Å². The van der Waals surface area contributed by atoms with Gasteiger partial charge in [-0.05, 0) is 36.2 Å². The first kappa shape index (κ1) is 15.2. The third kappa shape index (κ3) is 3.66. The number of benzene rings is 2. The third-order valence-corrected chi connectivity index (χ3v) is 3.05. The predicted octanol–water partition coefficient (Wildman–Crippen LogP) is 3.57. The summed E-state index contributed by atoms with van der Waals surface area (Å²) in [6.45, 7) is -0.0127. The Bertz CT molecular complexity index is 627. The lowest BCUT2D eigenvalue weighted by Crippen LogP contribution is -2.07. The number of halogens is 3. The van der Waals surface area contributed by atoms with E-state index in [9.17, 15) is 13.2 Å². The molecule has 112 valence electrons. The summed E-state index contributed by atoms with van der Waals surface area (Å²) < 4.78 is 37.8. The van der Waals surface area contributed by atoms with Crippen LogP contribution in [0.3, 0.4) is 0 Å². The van der Waals surface area contributed by atoms with Gasteiger partial charge < -0.3 is 16.2 Å². The van der Waals surface area contributed by atoms with Gasteiger partial charge in [-0.3, -0.25) is 0 Å². The van der Waals surface area contributed by atoms with Crippen LogP contribution in [-0.4, -0.2) is 11.7 Å². The van der Waals surface area contributed by atoms with E-state index in [1.54, 1.807) is 12.1 Å². The first-order valence-corrected chi connectivity index (χ1v) is 6.34. The van der Waals surface area contributed by atoms with E-state index in [-0.39, 0.29) is 12.3 Å². The van der Waals surface area contributed by atoms with Gasteiger partial charge in [0, 0.05) is 12.3 Å². The van der Waals surface area contributed by atoms with Gasteiger partial charge in [-0.2, -0.15) is 13.2 Å².